The zero-order valence-corrected chi connectivity index (χ0v) is 15.1. The predicted octanol–water partition coefficient (Wildman–Crippen LogP) is 4.03. The van der Waals surface area contributed by atoms with Crippen LogP contribution >= 0.6 is 11.6 Å². The van der Waals surface area contributed by atoms with Crippen molar-refractivity contribution in [2.24, 2.45) is 0 Å². The number of nitrogens with one attached hydrogen (secondary N) is 1. The maximum atomic E-state index is 12.8. The van der Waals surface area contributed by atoms with E-state index in [9.17, 15) is 4.79 Å². The van der Waals surface area contributed by atoms with Crippen LogP contribution < -0.4 is 5.32 Å². The second-order valence-electron chi connectivity index (χ2n) is 7.25. The molecular formula is C20H24ClN3O. The molecule has 1 aromatic carbocycles. The van der Waals surface area contributed by atoms with Crippen LogP contribution in [0.25, 0.3) is 10.9 Å². The molecule has 2 aliphatic rings. The molecule has 1 amide bonds. The third-order valence-electron chi connectivity index (χ3n) is 5.62. The number of carbonyl (C=O) groups excluding carboxylic acids is 1. The highest BCUT2D eigenvalue weighted by molar-refractivity contribution is 6.32. The minimum Gasteiger partial charge on any atom is -0.349 e. The molecule has 2 aromatic rings. The molecule has 1 saturated carbocycles. The first-order valence-electron chi connectivity index (χ1n) is 9.30. The minimum absolute atomic E-state index is 0.0643. The van der Waals surface area contributed by atoms with E-state index in [-0.39, 0.29) is 11.9 Å². The fourth-order valence-electron chi connectivity index (χ4n) is 4.27. The molecule has 1 N–H and O–H groups in total. The molecular weight excluding hydrogens is 334 g/mol. The summed E-state index contributed by atoms with van der Waals surface area (Å²) in [4.78, 5) is 19.8. The van der Waals surface area contributed by atoms with Gasteiger partial charge in [0.1, 0.15) is 0 Å². The molecule has 5 heteroatoms. The molecule has 0 spiro atoms. The highest BCUT2D eigenvalue weighted by Gasteiger charge is 2.28. The maximum Gasteiger partial charge on any atom is 0.253 e. The Balaban J connectivity index is 1.43. The van der Waals surface area contributed by atoms with Crippen molar-refractivity contribution in [3.8, 4) is 0 Å². The minimum atomic E-state index is -0.0643. The lowest BCUT2D eigenvalue weighted by atomic mass is 10.0. The van der Waals surface area contributed by atoms with Crippen molar-refractivity contribution >= 4 is 28.4 Å². The Morgan fingerprint density at radius 2 is 1.92 bits per heavy atom. The summed E-state index contributed by atoms with van der Waals surface area (Å²) in [6.45, 7) is 2.17. The standard InChI is InChI=1S/C20H24ClN3O/c21-15-12-14-4-3-9-22-19(14)18(13-15)20(25)23-16-7-10-24(11-8-16)17-5-1-2-6-17/h3-4,9,12-13,16-17H,1-2,5-8,10-11H2,(H,23,25). The van der Waals surface area contributed by atoms with E-state index in [1.165, 1.54) is 25.7 Å². The van der Waals surface area contributed by atoms with Crippen molar-refractivity contribution in [3.05, 3.63) is 41.0 Å². The summed E-state index contributed by atoms with van der Waals surface area (Å²) >= 11 is 6.19. The maximum absolute atomic E-state index is 12.8. The van der Waals surface area contributed by atoms with Gasteiger partial charge in [-0.2, -0.15) is 0 Å². The van der Waals surface area contributed by atoms with E-state index in [1.54, 1.807) is 12.3 Å². The summed E-state index contributed by atoms with van der Waals surface area (Å²) in [6.07, 6.45) is 9.19. The molecule has 0 radical (unpaired) electrons. The van der Waals surface area contributed by atoms with Gasteiger partial charge in [-0.3, -0.25) is 9.78 Å². The molecule has 2 heterocycles. The first kappa shape index (κ1) is 16.8. The number of hydrogen-bond acceptors (Lipinski definition) is 3. The van der Waals surface area contributed by atoms with Crippen LogP contribution in [-0.4, -0.2) is 41.0 Å². The first-order chi connectivity index (χ1) is 12.2. The molecule has 4 rings (SSSR count). The number of rotatable bonds is 3. The van der Waals surface area contributed by atoms with Gasteiger partial charge in [0.15, 0.2) is 0 Å². The Labute approximate surface area is 153 Å². The summed E-state index contributed by atoms with van der Waals surface area (Å²) in [5.74, 6) is -0.0643. The fourth-order valence-corrected chi connectivity index (χ4v) is 4.50. The second-order valence-corrected chi connectivity index (χ2v) is 7.69. The lowest BCUT2D eigenvalue weighted by molar-refractivity contribution is 0.0894. The Kier molecular flexibility index (Phi) is 4.91. The van der Waals surface area contributed by atoms with Gasteiger partial charge in [-0.1, -0.05) is 30.5 Å². The average molecular weight is 358 g/mol. The van der Waals surface area contributed by atoms with E-state index in [2.05, 4.69) is 15.2 Å². The quantitative estimate of drug-likeness (QED) is 0.902. The highest BCUT2D eigenvalue weighted by atomic mass is 35.5. The van der Waals surface area contributed by atoms with Crippen LogP contribution in [0.4, 0.5) is 0 Å². The number of amides is 1. The number of hydrogen-bond donors (Lipinski definition) is 1. The van der Waals surface area contributed by atoms with Gasteiger partial charge < -0.3 is 10.2 Å². The number of fused-ring (bicyclic) bond motifs is 1. The Morgan fingerprint density at radius 1 is 1.16 bits per heavy atom. The number of piperidine rings is 1. The zero-order chi connectivity index (χ0) is 17.2. The van der Waals surface area contributed by atoms with Gasteiger partial charge >= 0.3 is 0 Å². The normalized spacial score (nSPS) is 20.2. The lowest BCUT2D eigenvalue weighted by Gasteiger charge is -2.36. The number of benzene rings is 1. The van der Waals surface area contributed by atoms with Crippen molar-refractivity contribution in [2.75, 3.05) is 13.1 Å². The Hall–Kier alpha value is -1.65. The number of nitrogens with zero attached hydrogens (tertiary/aromatic N) is 2. The van der Waals surface area contributed by atoms with Crippen molar-refractivity contribution in [1.29, 1.82) is 0 Å². The van der Waals surface area contributed by atoms with Crippen LogP contribution in [0, 0.1) is 0 Å². The van der Waals surface area contributed by atoms with E-state index >= 15 is 0 Å². The predicted molar refractivity (Wildman–Crippen MR) is 101 cm³/mol. The molecule has 0 unspecified atom stereocenters. The third kappa shape index (κ3) is 3.65. The summed E-state index contributed by atoms with van der Waals surface area (Å²) in [5.41, 5.74) is 1.29. The van der Waals surface area contributed by atoms with Crippen LogP contribution in [0.5, 0.6) is 0 Å². The van der Waals surface area contributed by atoms with Gasteiger partial charge in [0, 0.05) is 41.8 Å². The molecule has 1 saturated heterocycles. The van der Waals surface area contributed by atoms with Gasteiger partial charge in [-0.25, -0.2) is 0 Å². The zero-order valence-electron chi connectivity index (χ0n) is 14.4. The van der Waals surface area contributed by atoms with E-state index in [0.29, 0.717) is 16.1 Å². The molecule has 4 nitrogen and oxygen atoms in total. The van der Waals surface area contributed by atoms with Crippen LogP contribution in [0.3, 0.4) is 0 Å². The monoisotopic (exact) mass is 357 g/mol. The first-order valence-corrected chi connectivity index (χ1v) is 9.68. The number of likely N-dealkylation sites (tertiary alicyclic amines) is 1. The summed E-state index contributed by atoms with van der Waals surface area (Å²) < 4.78 is 0. The molecule has 2 fully saturated rings. The van der Waals surface area contributed by atoms with Gasteiger partial charge in [0.05, 0.1) is 11.1 Å². The van der Waals surface area contributed by atoms with E-state index in [4.69, 9.17) is 11.6 Å². The number of pyridine rings is 1. The lowest BCUT2D eigenvalue weighted by Crippen LogP contribution is -2.47. The van der Waals surface area contributed by atoms with E-state index < -0.39 is 0 Å². The van der Waals surface area contributed by atoms with E-state index in [1.807, 2.05) is 18.2 Å². The summed E-state index contributed by atoms with van der Waals surface area (Å²) in [6, 6.07) is 8.38. The average Bonchev–Trinajstić information content (AvgIpc) is 3.16. The fraction of sp³-hybridized carbons (Fsp3) is 0.500. The number of carbonyl (C=O) groups is 1. The summed E-state index contributed by atoms with van der Waals surface area (Å²) in [7, 11) is 0. The molecule has 1 aliphatic carbocycles. The molecule has 1 aliphatic heterocycles. The smallest absolute Gasteiger partial charge is 0.253 e. The van der Waals surface area contributed by atoms with E-state index in [0.717, 1.165) is 37.4 Å². The van der Waals surface area contributed by atoms with Gasteiger partial charge in [-0.05, 0) is 43.9 Å². The van der Waals surface area contributed by atoms with Crippen molar-refractivity contribution in [1.82, 2.24) is 15.2 Å². The van der Waals surface area contributed by atoms with Crippen LogP contribution in [0.2, 0.25) is 5.02 Å². The SMILES string of the molecule is O=C(NC1CCN(C2CCCC2)CC1)c1cc(Cl)cc2cccnc12. The largest absolute Gasteiger partial charge is 0.349 e. The number of aromatic nitrogens is 1. The topological polar surface area (TPSA) is 45.2 Å². The number of halogens is 1. The Bertz CT molecular complexity index is 765. The van der Waals surface area contributed by atoms with Gasteiger partial charge in [-0.15, -0.1) is 0 Å². The van der Waals surface area contributed by atoms with Gasteiger partial charge in [0.2, 0.25) is 0 Å². The van der Waals surface area contributed by atoms with Gasteiger partial charge in [0.25, 0.3) is 5.91 Å². The molecule has 132 valence electrons. The molecule has 1 aromatic heterocycles. The van der Waals surface area contributed by atoms with Crippen LogP contribution in [0.1, 0.15) is 48.9 Å². The molecule has 0 atom stereocenters. The molecule has 25 heavy (non-hydrogen) atoms. The van der Waals surface area contributed by atoms with Crippen LogP contribution in [-0.2, 0) is 0 Å². The van der Waals surface area contributed by atoms with Crippen LogP contribution in [0.15, 0.2) is 30.5 Å². The molecule has 0 bridgehead atoms. The second kappa shape index (κ2) is 7.30. The van der Waals surface area contributed by atoms with Crippen molar-refractivity contribution < 1.29 is 4.79 Å². The van der Waals surface area contributed by atoms with Crippen molar-refractivity contribution in [3.63, 3.8) is 0 Å². The summed E-state index contributed by atoms with van der Waals surface area (Å²) in [5, 5.41) is 4.67. The third-order valence-corrected chi connectivity index (χ3v) is 5.84. The highest BCUT2D eigenvalue weighted by Crippen LogP contribution is 2.27. The Morgan fingerprint density at radius 3 is 2.68 bits per heavy atom. The van der Waals surface area contributed by atoms with Crippen molar-refractivity contribution in [2.45, 2.75) is 50.6 Å².